The normalized spacial score (nSPS) is 10.2. The molecule has 0 atom stereocenters. The first-order valence-electron chi connectivity index (χ1n) is 6.04. The molecule has 2 aromatic rings. The fourth-order valence-corrected chi connectivity index (χ4v) is 2.36. The molecule has 2 aromatic carbocycles. The van der Waals surface area contributed by atoms with Crippen LogP contribution in [0.5, 0.6) is 11.5 Å². The second-order valence-electron chi connectivity index (χ2n) is 4.12. The van der Waals surface area contributed by atoms with Crippen LogP contribution in [0.2, 0.25) is 10.0 Å². The molecule has 0 aliphatic heterocycles. The molecule has 20 heavy (non-hydrogen) atoms. The maximum absolute atomic E-state index is 6.14. The zero-order valence-corrected chi connectivity index (χ0v) is 12.8. The van der Waals surface area contributed by atoms with Crippen LogP contribution in [0.15, 0.2) is 36.4 Å². The van der Waals surface area contributed by atoms with Crippen molar-refractivity contribution in [3.8, 4) is 11.5 Å². The van der Waals surface area contributed by atoms with Gasteiger partial charge in [0.05, 0.1) is 19.9 Å². The summed E-state index contributed by atoms with van der Waals surface area (Å²) in [6, 6.07) is 11.0. The Morgan fingerprint density at radius 3 is 2.30 bits per heavy atom. The molecule has 0 radical (unpaired) electrons. The largest absolute Gasteiger partial charge is 0.497 e. The minimum absolute atomic E-state index is 0.515. The first-order chi connectivity index (χ1) is 9.65. The molecule has 0 saturated heterocycles. The average molecular weight is 312 g/mol. The third-order valence-electron chi connectivity index (χ3n) is 2.93. The van der Waals surface area contributed by atoms with Crippen LogP contribution in [0.3, 0.4) is 0 Å². The number of hydrogen-bond acceptors (Lipinski definition) is 3. The molecule has 2 rings (SSSR count). The molecule has 0 fully saturated rings. The Balaban J connectivity index is 2.19. The van der Waals surface area contributed by atoms with Crippen molar-refractivity contribution in [1.29, 1.82) is 0 Å². The monoisotopic (exact) mass is 311 g/mol. The molecule has 0 unspecified atom stereocenters. The zero-order chi connectivity index (χ0) is 14.5. The molecule has 5 heteroatoms. The maximum Gasteiger partial charge on any atom is 0.145 e. The van der Waals surface area contributed by atoms with Crippen LogP contribution in [0.4, 0.5) is 5.69 Å². The highest BCUT2D eigenvalue weighted by molar-refractivity contribution is 6.36. The quantitative estimate of drug-likeness (QED) is 0.873. The lowest BCUT2D eigenvalue weighted by atomic mass is 10.2. The van der Waals surface area contributed by atoms with Crippen molar-refractivity contribution in [3.05, 3.63) is 52.0 Å². The van der Waals surface area contributed by atoms with E-state index in [-0.39, 0.29) is 0 Å². The number of halogens is 2. The molecule has 0 aliphatic carbocycles. The number of anilines is 1. The van der Waals surface area contributed by atoms with Gasteiger partial charge in [-0.25, -0.2) is 0 Å². The van der Waals surface area contributed by atoms with Crippen molar-refractivity contribution >= 4 is 28.9 Å². The van der Waals surface area contributed by atoms with Crippen molar-refractivity contribution in [2.45, 2.75) is 6.54 Å². The van der Waals surface area contributed by atoms with Gasteiger partial charge in [0, 0.05) is 28.2 Å². The van der Waals surface area contributed by atoms with Crippen LogP contribution in [0, 0.1) is 0 Å². The highest BCUT2D eigenvalue weighted by atomic mass is 35.5. The summed E-state index contributed by atoms with van der Waals surface area (Å²) in [6.07, 6.45) is 0. The third kappa shape index (κ3) is 3.30. The van der Waals surface area contributed by atoms with Gasteiger partial charge in [-0.2, -0.15) is 0 Å². The van der Waals surface area contributed by atoms with E-state index in [1.165, 1.54) is 0 Å². The fraction of sp³-hybridized carbons (Fsp3) is 0.200. The predicted octanol–water partition coefficient (Wildman–Crippen LogP) is 4.62. The van der Waals surface area contributed by atoms with Crippen LogP contribution >= 0.6 is 23.2 Å². The van der Waals surface area contributed by atoms with Crippen molar-refractivity contribution < 1.29 is 9.47 Å². The van der Waals surface area contributed by atoms with Crippen LogP contribution in [0.1, 0.15) is 5.56 Å². The summed E-state index contributed by atoms with van der Waals surface area (Å²) >= 11 is 12.3. The average Bonchev–Trinajstić information content (AvgIpc) is 2.46. The van der Waals surface area contributed by atoms with Gasteiger partial charge in [0.2, 0.25) is 0 Å². The number of ether oxygens (including phenoxy) is 2. The van der Waals surface area contributed by atoms with Gasteiger partial charge in [0.25, 0.3) is 0 Å². The van der Waals surface area contributed by atoms with E-state index in [9.17, 15) is 0 Å². The van der Waals surface area contributed by atoms with E-state index < -0.39 is 0 Å². The smallest absolute Gasteiger partial charge is 0.145 e. The first kappa shape index (κ1) is 14.8. The Labute approximate surface area is 128 Å². The maximum atomic E-state index is 6.14. The van der Waals surface area contributed by atoms with E-state index in [4.69, 9.17) is 32.7 Å². The van der Waals surface area contributed by atoms with Gasteiger partial charge < -0.3 is 14.8 Å². The molecule has 0 aromatic heterocycles. The van der Waals surface area contributed by atoms with E-state index in [2.05, 4.69) is 5.32 Å². The summed E-state index contributed by atoms with van der Waals surface area (Å²) in [6.45, 7) is 0.515. The molecule has 0 saturated carbocycles. The van der Waals surface area contributed by atoms with E-state index in [0.29, 0.717) is 22.3 Å². The molecular formula is C15H15Cl2NO2. The number of methoxy groups -OCH3 is 2. The Bertz CT molecular complexity index is 582. The summed E-state index contributed by atoms with van der Waals surface area (Å²) in [5.41, 5.74) is 1.71. The van der Waals surface area contributed by atoms with Crippen molar-refractivity contribution in [1.82, 2.24) is 0 Å². The first-order valence-corrected chi connectivity index (χ1v) is 6.80. The van der Waals surface area contributed by atoms with Crippen LogP contribution in [-0.2, 0) is 6.54 Å². The lowest BCUT2D eigenvalue weighted by Gasteiger charge is -2.14. The molecule has 0 amide bonds. The van der Waals surface area contributed by atoms with Crippen LogP contribution < -0.4 is 14.8 Å². The number of nitrogens with one attached hydrogen (secondary N) is 1. The topological polar surface area (TPSA) is 30.5 Å². The van der Waals surface area contributed by atoms with E-state index in [0.717, 1.165) is 17.0 Å². The number of benzene rings is 2. The summed E-state index contributed by atoms with van der Waals surface area (Å²) in [5.74, 6) is 1.44. The van der Waals surface area contributed by atoms with E-state index in [1.807, 2.05) is 36.4 Å². The van der Waals surface area contributed by atoms with Gasteiger partial charge in [0.15, 0.2) is 0 Å². The summed E-state index contributed by atoms with van der Waals surface area (Å²) in [7, 11) is 3.23. The molecule has 1 N–H and O–H groups in total. The standard InChI is InChI=1S/C15H15Cl2NO2/c1-19-10-6-7-14(15(8-10)20-2)18-9-11-12(16)4-3-5-13(11)17/h3-8,18H,9H2,1-2H3. The lowest BCUT2D eigenvalue weighted by Crippen LogP contribution is -2.03. The minimum atomic E-state index is 0.515. The number of rotatable bonds is 5. The summed E-state index contributed by atoms with van der Waals surface area (Å²) < 4.78 is 10.5. The number of hydrogen-bond donors (Lipinski definition) is 1. The second-order valence-corrected chi connectivity index (χ2v) is 4.93. The molecule has 0 spiro atoms. The summed E-state index contributed by atoms with van der Waals surface area (Å²) in [4.78, 5) is 0. The Kier molecular flexibility index (Phi) is 4.99. The van der Waals surface area contributed by atoms with Crippen molar-refractivity contribution in [3.63, 3.8) is 0 Å². The highest BCUT2D eigenvalue weighted by Crippen LogP contribution is 2.31. The zero-order valence-electron chi connectivity index (χ0n) is 11.2. The predicted molar refractivity (Wildman–Crippen MR) is 83.3 cm³/mol. The SMILES string of the molecule is COc1ccc(NCc2c(Cl)cccc2Cl)c(OC)c1. The Morgan fingerprint density at radius 1 is 1.00 bits per heavy atom. The second kappa shape index (κ2) is 6.73. The fourth-order valence-electron chi connectivity index (χ4n) is 1.83. The third-order valence-corrected chi connectivity index (χ3v) is 3.63. The summed E-state index contributed by atoms with van der Waals surface area (Å²) in [5, 5.41) is 4.54. The van der Waals surface area contributed by atoms with Crippen molar-refractivity contribution in [2.24, 2.45) is 0 Å². The van der Waals surface area contributed by atoms with Crippen LogP contribution in [0.25, 0.3) is 0 Å². The molecule has 3 nitrogen and oxygen atoms in total. The van der Waals surface area contributed by atoms with Gasteiger partial charge in [-0.05, 0) is 24.3 Å². The Hall–Kier alpha value is -1.58. The van der Waals surface area contributed by atoms with Gasteiger partial charge in [-0.15, -0.1) is 0 Å². The molecule has 0 aliphatic rings. The van der Waals surface area contributed by atoms with Gasteiger partial charge in [-0.3, -0.25) is 0 Å². The van der Waals surface area contributed by atoms with Gasteiger partial charge >= 0.3 is 0 Å². The highest BCUT2D eigenvalue weighted by Gasteiger charge is 2.08. The van der Waals surface area contributed by atoms with E-state index >= 15 is 0 Å². The minimum Gasteiger partial charge on any atom is -0.497 e. The Morgan fingerprint density at radius 2 is 1.70 bits per heavy atom. The van der Waals surface area contributed by atoms with Gasteiger partial charge in [0.1, 0.15) is 11.5 Å². The van der Waals surface area contributed by atoms with Gasteiger partial charge in [-0.1, -0.05) is 29.3 Å². The molecule has 106 valence electrons. The molecular weight excluding hydrogens is 297 g/mol. The van der Waals surface area contributed by atoms with Crippen molar-refractivity contribution in [2.75, 3.05) is 19.5 Å². The van der Waals surface area contributed by atoms with Crippen LogP contribution in [-0.4, -0.2) is 14.2 Å². The lowest BCUT2D eigenvalue weighted by molar-refractivity contribution is 0.395. The van der Waals surface area contributed by atoms with E-state index in [1.54, 1.807) is 14.2 Å². The molecule has 0 bridgehead atoms. The molecule has 0 heterocycles.